The van der Waals surface area contributed by atoms with E-state index in [1.165, 1.54) is 37.7 Å². The third-order valence-corrected chi connectivity index (χ3v) is 3.68. The molecule has 90 valence electrons. The van der Waals surface area contributed by atoms with Crippen LogP contribution in [-0.4, -0.2) is 16.0 Å². The van der Waals surface area contributed by atoms with E-state index in [0.717, 1.165) is 23.6 Å². The average Bonchev–Trinajstić information content (AvgIpc) is 2.85. The normalized spacial score (nSPS) is 17.6. The summed E-state index contributed by atoms with van der Waals surface area (Å²) < 4.78 is 0. The number of H-pyrrole nitrogens is 1. The van der Waals surface area contributed by atoms with Gasteiger partial charge in [-0.1, -0.05) is 25.3 Å². The highest BCUT2D eigenvalue weighted by molar-refractivity contribution is 5.74. The lowest BCUT2D eigenvalue weighted by molar-refractivity contribution is 0.372. The molecule has 1 aliphatic rings. The van der Waals surface area contributed by atoms with Gasteiger partial charge in [0.2, 0.25) is 0 Å². The first-order valence-electron chi connectivity index (χ1n) is 6.57. The Morgan fingerprint density at radius 3 is 3.00 bits per heavy atom. The van der Waals surface area contributed by atoms with Gasteiger partial charge in [0.05, 0.1) is 17.4 Å². The van der Waals surface area contributed by atoms with Gasteiger partial charge >= 0.3 is 0 Å². The van der Waals surface area contributed by atoms with Crippen molar-refractivity contribution in [2.75, 3.05) is 0 Å². The third-order valence-electron chi connectivity index (χ3n) is 3.68. The van der Waals surface area contributed by atoms with Crippen molar-refractivity contribution in [3.63, 3.8) is 0 Å². The maximum absolute atomic E-state index is 4.23. The highest BCUT2D eigenvalue weighted by Crippen LogP contribution is 2.18. The molecule has 3 rings (SSSR count). The van der Waals surface area contributed by atoms with Crippen molar-refractivity contribution in [1.29, 1.82) is 0 Å². The van der Waals surface area contributed by atoms with Crippen LogP contribution in [0.2, 0.25) is 0 Å². The fourth-order valence-electron chi connectivity index (χ4n) is 2.66. The van der Waals surface area contributed by atoms with Crippen LogP contribution < -0.4 is 5.32 Å². The summed E-state index contributed by atoms with van der Waals surface area (Å²) in [4.78, 5) is 7.39. The lowest BCUT2D eigenvalue weighted by Crippen LogP contribution is -2.30. The summed E-state index contributed by atoms with van der Waals surface area (Å²) in [6.07, 6.45) is 8.62. The number of benzene rings is 1. The Hall–Kier alpha value is -1.35. The van der Waals surface area contributed by atoms with Gasteiger partial charge in [0, 0.05) is 12.6 Å². The number of hydrogen-bond donors (Lipinski definition) is 2. The zero-order chi connectivity index (χ0) is 11.5. The first-order chi connectivity index (χ1) is 8.42. The number of rotatable bonds is 3. The number of aromatic amines is 1. The van der Waals surface area contributed by atoms with Crippen molar-refractivity contribution in [3.05, 3.63) is 30.1 Å². The summed E-state index contributed by atoms with van der Waals surface area (Å²) in [6, 6.07) is 7.17. The molecule has 0 radical (unpaired) electrons. The maximum atomic E-state index is 4.23. The summed E-state index contributed by atoms with van der Waals surface area (Å²) in [5.41, 5.74) is 3.52. The fourth-order valence-corrected chi connectivity index (χ4v) is 2.66. The van der Waals surface area contributed by atoms with E-state index in [-0.39, 0.29) is 0 Å². The molecule has 0 atom stereocenters. The van der Waals surface area contributed by atoms with Gasteiger partial charge in [0.25, 0.3) is 0 Å². The molecular weight excluding hydrogens is 210 g/mol. The predicted octanol–water partition coefficient (Wildman–Crippen LogP) is 2.99. The average molecular weight is 229 g/mol. The Labute approximate surface area is 102 Å². The number of hydrogen-bond acceptors (Lipinski definition) is 2. The van der Waals surface area contributed by atoms with Crippen LogP contribution in [0.4, 0.5) is 0 Å². The minimum absolute atomic E-state index is 0.723. The van der Waals surface area contributed by atoms with E-state index < -0.39 is 0 Å². The summed E-state index contributed by atoms with van der Waals surface area (Å²) in [5, 5.41) is 3.66. The van der Waals surface area contributed by atoms with E-state index in [1.807, 2.05) is 0 Å². The molecule has 1 heterocycles. The molecule has 3 heteroatoms. The van der Waals surface area contributed by atoms with E-state index in [4.69, 9.17) is 0 Å². The Morgan fingerprint density at radius 2 is 2.12 bits per heavy atom. The van der Waals surface area contributed by atoms with E-state index in [1.54, 1.807) is 6.33 Å². The van der Waals surface area contributed by atoms with Gasteiger partial charge in [0.15, 0.2) is 0 Å². The number of aromatic nitrogens is 2. The summed E-state index contributed by atoms with van der Waals surface area (Å²) in [5.74, 6) is 0. The molecule has 1 saturated carbocycles. The summed E-state index contributed by atoms with van der Waals surface area (Å²) >= 11 is 0. The monoisotopic (exact) mass is 229 g/mol. The van der Waals surface area contributed by atoms with Gasteiger partial charge in [-0.15, -0.1) is 0 Å². The van der Waals surface area contributed by atoms with Crippen LogP contribution in [0.5, 0.6) is 0 Å². The molecule has 0 spiro atoms. The van der Waals surface area contributed by atoms with Crippen LogP contribution in [0.15, 0.2) is 24.5 Å². The van der Waals surface area contributed by atoms with Crippen LogP contribution in [0.25, 0.3) is 11.0 Å². The highest BCUT2D eigenvalue weighted by Gasteiger charge is 2.12. The highest BCUT2D eigenvalue weighted by atomic mass is 14.9. The number of nitrogens with zero attached hydrogens (tertiary/aromatic N) is 1. The first-order valence-corrected chi connectivity index (χ1v) is 6.57. The summed E-state index contributed by atoms with van der Waals surface area (Å²) in [6.45, 7) is 0.972. The van der Waals surface area contributed by atoms with E-state index in [9.17, 15) is 0 Å². The minimum Gasteiger partial charge on any atom is -0.345 e. The molecular formula is C14H19N3. The molecule has 0 saturated heterocycles. The Bertz CT molecular complexity index is 483. The van der Waals surface area contributed by atoms with Crippen molar-refractivity contribution in [1.82, 2.24) is 15.3 Å². The van der Waals surface area contributed by atoms with Crippen molar-refractivity contribution in [2.45, 2.75) is 44.7 Å². The number of fused-ring (bicyclic) bond motifs is 1. The quantitative estimate of drug-likeness (QED) is 0.849. The molecule has 0 aliphatic heterocycles. The molecule has 1 fully saturated rings. The standard InChI is InChI=1S/C14H19N3/c1-2-4-12(5-3-1)15-9-11-6-7-13-14(8-11)17-10-16-13/h6-8,10,12,15H,1-5,9H2,(H,16,17). The smallest absolute Gasteiger partial charge is 0.0931 e. The van der Waals surface area contributed by atoms with Gasteiger partial charge in [-0.25, -0.2) is 4.98 Å². The van der Waals surface area contributed by atoms with Crippen molar-refractivity contribution < 1.29 is 0 Å². The van der Waals surface area contributed by atoms with Crippen LogP contribution in [0, 0.1) is 0 Å². The minimum atomic E-state index is 0.723. The molecule has 2 N–H and O–H groups in total. The first kappa shape index (κ1) is 10.8. The molecule has 0 bridgehead atoms. The Morgan fingerprint density at radius 1 is 1.24 bits per heavy atom. The molecule has 0 unspecified atom stereocenters. The van der Waals surface area contributed by atoms with E-state index in [0.29, 0.717) is 0 Å². The van der Waals surface area contributed by atoms with Gasteiger partial charge in [-0.3, -0.25) is 0 Å². The van der Waals surface area contributed by atoms with Crippen LogP contribution in [-0.2, 0) is 6.54 Å². The lowest BCUT2D eigenvalue weighted by atomic mass is 9.95. The van der Waals surface area contributed by atoms with Gasteiger partial charge in [-0.05, 0) is 30.5 Å². The van der Waals surface area contributed by atoms with E-state index in [2.05, 4.69) is 33.5 Å². The van der Waals surface area contributed by atoms with Gasteiger partial charge in [-0.2, -0.15) is 0 Å². The zero-order valence-corrected chi connectivity index (χ0v) is 10.1. The Balaban J connectivity index is 1.63. The topological polar surface area (TPSA) is 40.7 Å². The SMILES string of the molecule is c1nc2ccc(CNC3CCCCC3)cc2[nH]1. The molecule has 1 aromatic carbocycles. The van der Waals surface area contributed by atoms with Gasteiger partial charge < -0.3 is 10.3 Å². The molecule has 2 aromatic rings. The van der Waals surface area contributed by atoms with Crippen molar-refractivity contribution in [2.24, 2.45) is 0 Å². The summed E-state index contributed by atoms with van der Waals surface area (Å²) in [7, 11) is 0. The van der Waals surface area contributed by atoms with Crippen LogP contribution >= 0.6 is 0 Å². The van der Waals surface area contributed by atoms with Crippen molar-refractivity contribution >= 4 is 11.0 Å². The number of nitrogens with one attached hydrogen (secondary N) is 2. The Kier molecular flexibility index (Phi) is 3.10. The molecule has 0 amide bonds. The second kappa shape index (κ2) is 4.88. The lowest BCUT2D eigenvalue weighted by Gasteiger charge is -2.22. The third kappa shape index (κ3) is 2.50. The second-order valence-corrected chi connectivity index (χ2v) is 4.97. The van der Waals surface area contributed by atoms with Crippen LogP contribution in [0.1, 0.15) is 37.7 Å². The molecule has 1 aliphatic carbocycles. The molecule has 3 nitrogen and oxygen atoms in total. The maximum Gasteiger partial charge on any atom is 0.0931 e. The molecule has 17 heavy (non-hydrogen) atoms. The fraction of sp³-hybridized carbons (Fsp3) is 0.500. The second-order valence-electron chi connectivity index (χ2n) is 4.97. The predicted molar refractivity (Wildman–Crippen MR) is 69.8 cm³/mol. The molecule has 1 aromatic heterocycles. The van der Waals surface area contributed by atoms with Gasteiger partial charge in [0.1, 0.15) is 0 Å². The zero-order valence-electron chi connectivity index (χ0n) is 10.1. The largest absolute Gasteiger partial charge is 0.345 e. The van der Waals surface area contributed by atoms with Crippen molar-refractivity contribution in [3.8, 4) is 0 Å². The van der Waals surface area contributed by atoms with E-state index >= 15 is 0 Å². The van der Waals surface area contributed by atoms with Crippen LogP contribution in [0.3, 0.4) is 0 Å². The number of imidazole rings is 1.